The first kappa shape index (κ1) is 21.9. The smallest absolute Gasteiger partial charge is 0.228 e. The Bertz CT molecular complexity index is 861. The summed E-state index contributed by atoms with van der Waals surface area (Å²) >= 11 is 0. The number of methoxy groups -OCH3 is 1. The lowest BCUT2D eigenvalue weighted by atomic mass is 9.74. The van der Waals surface area contributed by atoms with Gasteiger partial charge >= 0.3 is 0 Å². The second kappa shape index (κ2) is 9.79. The van der Waals surface area contributed by atoms with E-state index in [1.807, 2.05) is 43.0 Å². The van der Waals surface area contributed by atoms with Crippen molar-refractivity contribution in [3.63, 3.8) is 0 Å². The van der Waals surface area contributed by atoms with Crippen LogP contribution in [0.2, 0.25) is 0 Å². The minimum Gasteiger partial charge on any atom is -0.497 e. The molecule has 2 aromatic rings. The molecule has 2 aromatic carbocycles. The fourth-order valence-electron chi connectivity index (χ4n) is 4.32. The lowest BCUT2D eigenvalue weighted by molar-refractivity contribution is -0.141. The van der Waals surface area contributed by atoms with Crippen molar-refractivity contribution in [3.8, 4) is 16.9 Å². The summed E-state index contributed by atoms with van der Waals surface area (Å²) < 4.78 is 5.23. The maximum atomic E-state index is 13.1. The highest BCUT2D eigenvalue weighted by Gasteiger charge is 2.43. The van der Waals surface area contributed by atoms with Crippen LogP contribution in [0, 0.1) is 5.41 Å². The summed E-state index contributed by atoms with van der Waals surface area (Å²) in [6.45, 7) is 5.64. The van der Waals surface area contributed by atoms with Gasteiger partial charge in [0.1, 0.15) is 5.75 Å². The first-order chi connectivity index (χ1) is 14.5. The van der Waals surface area contributed by atoms with Crippen molar-refractivity contribution in [2.24, 2.45) is 5.41 Å². The van der Waals surface area contributed by atoms with Gasteiger partial charge in [0.15, 0.2) is 0 Å². The lowest BCUT2D eigenvalue weighted by Gasteiger charge is -2.42. The molecule has 1 aliphatic heterocycles. The Morgan fingerprint density at radius 2 is 1.67 bits per heavy atom. The van der Waals surface area contributed by atoms with Gasteiger partial charge in [-0.05, 0) is 55.0 Å². The zero-order valence-electron chi connectivity index (χ0n) is 18.2. The Balaban J connectivity index is 1.81. The van der Waals surface area contributed by atoms with E-state index in [0.29, 0.717) is 25.9 Å². The number of hydrogen-bond donors (Lipinski definition) is 1. The third-order valence-electron chi connectivity index (χ3n) is 5.97. The number of likely N-dealkylation sites (tertiary alicyclic amines) is 1. The molecule has 1 heterocycles. The van der Waals surface area contributed by atoms with Crippen molar-refractivity contribution in [2.45, 2.75) is 39.5 Å². The van der Waals surface area contributed by atoms with E-state index in [4.69, 9.17) is 4.74 Å². The minimum atomic E-state index is -0.569. The maximum absolute atomic E-state index is 13.1. The van der Waals surface area contributed by atoms with Crippen LogP contribution in [-0.2, 0) is 16.0 Å². The molecular weight excluding hydrogens is 376 g/mol. The van der Waals surface area contributed by atoms with Gasteiger partial charge in [-0.2, -0.15) is 0 Å². The third-order valence-corrected chi connectivity index (χ3v) is 5.97. The molecule has 1 atom stereocenters. The summed E-state index contributed by atoms with van der Waals surface area (Å²) in [5.41, 5.74) is 2.79. The zero-order chi connectivity index (χ0) is 21.6. The van der Waals surface area contributed by atoms with E-state index in [2.05, 4.69) is 29.6 Å². The number of nitrogens with one attached hydrogen (secondary N) is 1. The first-order valence-corrected chi connectivity index (χ1v) is 10.8. The number of piperidine rings is 1. The quantitative estimate of drug-likeness (QED) is 0.752. The summed E-state index contributed by atoms with van der Waals surface area (Å²) in [5.74, 6) is 1.01. The molecule has 160 valence electrons. The Labute approximate surface area is 179 Å². The van der Waals surface area contributed by atoms with E-state index in [0.717, 1.165) is 41.8 Å². The third kappa shape index (κ3) is 4.84. The Morgan fingerprint density at radius 1 is 1.03 bits per heavy atom. The average Bonchev–Trinajstić information content (AvgIpc) is 2.79. The molecule has 0 aromatic heterocycles. The fraction of sp³-hybridized carbons (Fsp3) is 0.440. The van der Waals surface area contributed by atoms with Gasteiger partial charge in [-0.25, -0.2) is 0 Å². The van der Waals surface area contributed by atoms with Crippen LogP contribution >= 0.6 is 0 Å². The zero-order valence-corrected chi connectivity index (χ0v) is 18.2. The van der Waals surface area contributed by atoms with E-state index in [-0.39, 0.29) is 11.8 Å². The van der Waals surface area contributed by atoms with Gasteiger partial charge in [0.2, 0.25) is 11.8 Å². The average molecular weight is 409 g/mol. The second-order valence-electron chi connectivity index (χ2n) is 8.01. The molecule has 0 aliphatic carbocycles. The molecule has 0 radical (unpaired) electrons. The summed E-state index contributed by atoms with van der Waals surface area (Å²) in [5, 5.41) is 3.01. The molecule has 0 spiro atoms. The second-order valence-corrected chi connectivity index (χ2v) is 8.01. The highest BCUT2D eigenvalue weighted by Crippen LogP contribution is 2.35. The predicted octanol–water partition coefficient (Wildman–Crippen LogP) is 4.06. The summed E-state index contributed by atoms with van der Waals surface area (Å²) in [7, 11) is 1.66. The van der Waals surface area contributed by atoms with E-state index in [1.54, 1.807) is 7.11 Å². The fourth-order valence-corrected chi connectivity index (χ4v) is 4.32. The number of carbonyl (C=O) groups excluding carboxylic acids is 2. The molecule has 3 rings (SSSR count). The van der Waals surface area contributed by atoms with Gasteiger partial charge in [0.25, 0.3) is 0 Å². The van der Waals surface area contributed by atoms with Crippen molar-refractivity contribution in [1.82, 2.24) is 10.2 Å². The topological polar surface area (TPSA) is 58.6 Å². The minimum absolute atomic E-state index is 0.0535. The van der Waals surface area contributed by atoms with Crippen LogP contribution in [0.15, 0.2) is 48.5 Å². The van der Waals surface area contributed by atoms with Gasteiger partial charge in [-0.15, -0.1) is 0 Å². The van der Waals surface area contributed by atoms with Crippen LogP contribution in [0.1, 0.15) is 38.7 Å². The van der Waals surface area contributed by atoms with Crippen LogP contribution in [0.25, 0.3) is 11.1 Å². The van der Waals surface area contributed by atoms with Gasteiger partial charge in [0.05, 0.1) is 12.5 Å². The van der Waals surface area contributed by atoms with Crippen LogP contribution in [0.3, 0.4) is 0 Å². The molecule has 0 bridgehead atoms. The van der Waals surface area contributed by atoms with Crippen LogP contribution in [0.4, 0.5) is 0 Å². The van der Waals surface area contributed by atoms with E-state index < -0.39 is 5.41 Å². The van der Waals surface area contributed by atoms with Crippen molar-refractivity contribution in [2.75, 3.05) is 26.7 Å². The van der Waals surface area contributed by atoms with Crippen LogP contribution < -0.4 is 10.1 Å². The number of ether oxygens (including phenoxy) is 1. The molecule has 5 nitrogen and oxygen atoms in total. The highest BCUT2D eigenvalue weighted by molar-refractivity contribution is 5.85. The first-order valence-electron chi connectivity index (χ1n) is 10.8. The highest BCUT2D eigenvalue weighted by atomic mass is 16.5. The molecule has 1 aliphatic rings. The Kier molecular flexibility index (Phi) is 7.14. The standard InChI is InChI=1S/C25H32N2O3/c1-4-23(28)27-16-6-15-25(18-27,24(29)26-5-2)17-19-7-9-20(10-8-19)21-11-13-22(30-3)14-12-21/h7-14H,4-6,15-18H2,1-3H3,(H,26,29)/t25-/m0/s1. The molecule has 1 fully saturated rings. The van der Waals surface area contributed by atoms with Gasteiger partial charge in [-0.3, -0.25) is 9.59 Å². The molecule has 1 saturated heterocycles. The molecule has 0 saturated carbocycles. The largest absolute Gasteiger partial charge is 0.497 e. The Morgan fingerprint density at radius 3 is 2.23 bits per heavy atom. The molecular formula is C25H32N2O3. The number of amides is 2. The van der Waals surface area contributed by atoms with Gasteiger partial charge in [-0.1, -0.05) is 43.3 Å². The number of carbonyl (C=O) groups is 2. The summed E-state index contributed by atoms with van der Waals surface area (Å²) in [6.07, 6.45) is 2.76. The van der Waals surface area contributed by atoms with E-state index in [1.165, 1.54) is 0 Å². The lowest BCUT2D eigenvalue weighted by Crippen LogP contribution is -2.54. The van der Waals surface area contributed by atoms with E-state index >= 15 is 0 Å². The van der Waals surface area contributed by atoms with Crippen molar-refractivity contribution in [1.29, 1.82) is 0 Å². The van der Waals surface area contributed by atoms with Crippen LogP contribution in [0.5, 0.6) is 5.75 Å². The summed E-state index contributed by atoms with van der Waals surface area (Å²) in [6, 6.07) is 16.4. The van der Waals surface area contributed by atoms with Crippen molar-refractivity contribution < 1.29 is 14.3 Å². The van der Waals surface area contributed by atoms with Crippen LogP contribution in [-0.4, -0.2) is 43.5 Å². The molecule has 0 unspecified atom stereocenters. The molecule has 2 amide bonds. The number of rotatable bonds is 7. The van der Waals surface area contributed by atoms with Crippen molar-refractivity contribution in [3.05, 3.63) is 54.1 Å². The number of nitrogens with zero attached hydrogens (tertiary/aromatic N) is 1. The SMILES string of the molecule is CCNC(=O)[C@]1(Cc2ccc(-c3ccc(OC)cc3)cc2)CCCN(C(=O)CC)C1. The Hall–Kier alpha value is -2.82. The molecule has 30 heavy (non-hydrogen) atoms. The summed E-state index contributed by atoms with van der Waals surface area (Å²) in [4.78, 5) is 27.3. The van der Waals surface area contributed by atoms with E-state index in [9.17, 15) is 9.59 Å². The maximum Gasteiger partial charge on any atom is 0.228 e. The van der Waals surface area contributed by atoms with Crippen molar-refractivity contribution >= 4 is 11.8 Å². The normalized spacial score (nSPS) is 18.7. The predicted molar refractivity (Wildman–Crippen MR) is 119 cm³/mol. The van der Waals surface area contributed by atoms with Gasteiger partial charge in [0, 0.05) is 26.1 Å². The molecule has 5 heteroatoms. The monoisotopic (exact) mass is 408 g/mol. The number of hydrogen-bond acceptors (Lipinski definition) is 3. The molecule has 1 N–H and O–H groups in total. The number of benzene rings is 2. The van der Waals surface area contributed by atoms with Gasteiger partial charge < -0.3 is 15.0 Å².